The lowest BCUT2D eigenvalue weighted by atomic mass is 9.98. The molecule has 0 fully saturated rings. The largest absolute Gasteiger partial charge is 0.344 e. The molecule has 3 rings (SSSR count). The maximum Gasteiger partial charge on any atom is 0.237 e. The van der Waals surface area contributed by atoms with Crippen molar-refractivity contribution in [3.05, 3.63) is 107 Å². The smallest absolute Gasteiger partial charge is 0.237 e. The van der Waals surface area contributed by atoms with Gasteiger partial charge in [-0.15, -0.1) is 0 Å². The van der Waals surface area contributed by atoms with E-state index in [9.17, 15) is 9.18 Å². The van der Waals surface area contributed by atoms with Crippen LogP contribution in [0.4, 0.5) is 4.39 Å². The standard InChI is InChI=1S/C24H25FN2O/c1-18(27(2)17-19-13-15-22(25)16-14-19)24(28)26-23(20-9-5-3-6-10-20)21-11-7-4-8-12-21/h3-16,18,23H,17H2,1-2H3,(H,26,28). The van der Waals surface area contributed by atoms with E-state index in [1.165, 1.54) is 12.1 Å². The average molecular weight is 376 g/mol. The van der Waals surface area contributed by atoms with Crippen LogP contribution in [-0.2, 0) is 11.3 Å². The predicted molar refractivity (Wildman–Crippen MR) is 110 cm³/mol. The van der Waals surface area contributed by atoms with Crippen molar-refractivity contribution in [3.8, 4) is 0 Å². The van der Waals surface area contributed by atoms with Crippen LogP contribution >= 0.6 is 0 Å². The molecule has 28 heavy (non-hydrogen) atoms. The van der Waals surface area contributed by atoms with Crippen molar-refractivity contribution in [2.45, 2.75) is 25.6 Å². The van der Waals surface area contributed by atoms with E-state index in [1.807, 2.05) is 79.5 Å². The third-order valence-electron chi connectivity index (χ3n) is 4.94. The molecule has 4 heteroatoms. The summed E-state index contributed by atoms with van der Waals surface area (Å²) in [7, 11) is 1.90. The molecule has 3 aromatic rings. The van der Waals surface area contributed by atoms with Crippen molar-refractivity contribution in [2.75, 3.05) is 7.05 Å². The Labute approximate surface area is 165 Å². The van der Waals surface area contributed by atoms with Gasteiger partial charge >= 0.3 is 0 Å². The number of benzene rings is 3. The summed E-state index contributed by atoms with van der Waals surface area (Å²) in [5.41, 5.74) is 3.04. The van der Waals surface area contributed by atoms with Gasteiger partial charge in [0.15, 0.2) is 0 Å². The Hall–Kier alpha value is -2.98. The average Bonchev–Trinajstić information content (AvgIpc) is 2.74. The third-order valence-corrected chi connectivity index (χ3v) is 4.94. The molecule has 1 unspecified atom stereocenters. The molecule has 3 nitrogen and oxygen atoms in total. The zero-order chi connectivity index (χ0) is 19.9. The highest BCUT2D eigenvalue weighted by Gasteiger charge is 2.23. The van der Waals surface area contributed by atoms with Gasteiger partial charge in [0.1, 0.15) is 5.82 Å². The summed E-state index contributed by atoms with van der Waals surface area (Å²) in [6.07, 6.45) is 0. The van der Waals surface area contributed by atoms with E-state index in [0.29, 0.717) is 6.54 Å². The molecule has 1 N–H and O–H groups in total. The number of nitrogens with zero attached hydrogens (tertiary/aromatic N) is 1. The van der Waals surface area contributed by atoms with Crippen molar-refractivity contribution in [3.63, 3.8) is 0 Å². The first kappa shape index (κ1) is 19.8. The van der Waals surface area contributed by atoms with Gasteiger partial charge < -0.3 is 5.32 Å². The Balaban J connectivity index is 1.73. The minimum Gasteiger partial charge on any atom is -0.344 e. The van der Waals surface area contributed by atoms with Gasteiger partial charge in [-0.2, -0.15) is 0 Å². The second kappa shape index (κ2) is 9.29. The monoisotopic (exact) mass is 376 g/mol. The number of carbonyl (C=O) groups excluding carboxylic acids is 1. The fourth-order valence-electron chi connectivity index (χ4n) is 3.13. The van der Waals surface area contributed by atoms with Gasteiger partial charge in [-0.05, 0) is 42.8 Å². The number of carbonyl (C=O) groups is 1. The van der Waals surface area contributed by atoms with Crippen molar-refractivity contribution in [1.29, 1.82) is 0 Å². The molecule has 0 saturated carbocycles. The van der Waals surface area contributed by atoms with Gasteiger partial charge in [-0.1, -0.05) is 72.8 Å². The number of likely N-dealkylation sites (N-methyl/N-ethyl adjacent to an activating group) is 1. The Morgan fingerprint density at radius 1 is 0.893 bits per heavy atom. The van der Waals surface area contributed by atoms with Crippen LogP contribution in [0.1, 0.15) is 29.7 Å². The molecular weight excluding hydrogens is 351 g/mol. The quantitative estimate of drug-likeness (QED) is 0.656. The van der Waals surface area contributed by atoms with Crippen LogP contribution in [0.5, 0.6) is 0 Å². The second-order valence-corrected chi connectivity index (χ2v) is 6.98. The van der Waals surface area contributed by atoms with E-state index in [4.69, 9.17) is 0 Å². The van der Waals surface area contributed by atoms with Gasteiger partial charge in [0, 0.05) is 6.54 Å². The lowest BCUT2D eigenvalue weighted by Crippen LogP contribution is -2.44. The zero-order valence-corrected chi connectivity index (χ0v) is 16.2. The summed E-state index contributed by atoms with van der Waals surface area (Å²) in [6.45, 7) is 2.45. The lowest BCUT2D eigenvalue weighted by Gasteiger charge is -2.27. The molecule has 0 aliphatic rings. The van der Waals surface area contributed by atoms with E-state index < -0.39 is 0 Å². The predicted octanol–water partition coefficient (Wildman–Crippen LogP) is 4.55. The molecule has 144 valence electrons. The number of rotatable bonds is 7. The fraction of sp³-hybridized carbons (Fsp3) is 0.208. The van der Waals surface area contributed by atoms with Gasteiger partial charge in [0.2, 0.25) is 5.91 Å². The Morgan fingerprint density at radius 3 is 1.89 bits per heavy atom. The van der Waals surface area contributed by atoms with Crippen molar-refractivity contribution in [2.24, 2.45) is 0 Å². The Bertz CT molecular complexity index is 842. The van der Waals surface area contributed by atoms with Crippen LogP contribution in [0, 0.1) is 5.82 Å². The van der Waals surface area contributed by atoms with Crippen LogP contribution in [-0.4, -0.2) is 23.9 Å². The van der Waals surface area contributed by atoms with E-state index in [1.54, 1.807) is 12.1 Å². The summed E-state index contributed by atoms with van der Waals surface area (Å²) in [5, 5.41) is 3.18. The van der Waals surface area contributed by atoms with E-state index in [0.717, 1.165) is 16.7 Å². The first-order valence-corrected chi connectivity index (χ1v) is 9.39. The molecule has 1 amide bonds. The summed E-state index contributed by atoms with van der Waals surface area (Å²) in [4.78, 5) is 14.9. The van der Waals surface area contributed by atoms with Gasteiger partial charge in [0.25, 0.3) is 0 Å². The van der Waals surface area contributed by atoms with Crippen LogP contribution in [0.25, 0.3) is 0 Å². The number of hydrogen-bond acceptors (Lipinski definition) is 2. The van der Waals surface area contributed by atoms with Crippen LogP contribution in [0.3, 0.4) is 0 Å². The van der Waals surface area contributed by atoms with Crippen LogP contribution < -0.4 is 5.32 Å². The van der Waals surface area contributed by atoms with E-state index in [2.05, 4.69) is 5.32 Å². The van der Waals surface area contributed by atoms with Gasteiger partial charge in [-0.3, -0.25) is 9.69 Å². The molecule has 0 heterocycles. The Kier molecular flexibility index (Phi) is 6.56. The SMILES string of the molecule is CC(C(=O)NC(c1ccccc1)c1ccccc1)N(C)Cc1ccc(F)cc1. The molecule has 3 aromatic carbocycles. The number of halogens is 1. The highest BCUT2D eigenvalue weighted by atomic mass is 19.1. The maximum absolute atomic E-state index is 13.1. The van der Waals surface area contributed by atoms with Gasteiger partial charge in [0.05, 0.1) is 12.1 Å². The summed E-state index contributed by atoms with van der Waals surface area (Å²) < 4.78 is 13.1. The van der Waals surface area contributed by atoms with Crippen LogP contribution in [0.2, 0.25) is 0 Å². The fourth-order valence-corrected chi connectivity index (χ4v) is 3.13. The number of hydrogen-bond donors (Lipinski definition) is 1. The number of nitrogens with one attached hydrogen (secondary N) is 1. The van der Waals surface area contributed by atoms with E-state index in [-0.39, 0.29) is 23.8 Å². The number of amides is 1. The molecule has 0 aliphatic carbocycles. The third kappa shape index (κ3) is 5.05. The zero-order valence-electron chi connectivity index (χ0n) is 16.2. The Morgan fingerprint density at radius 2 is 1.39 bits per heavy atom. The maximum atomic E-state index is 13.1. The highest BCUT2D eigenvalue weighted by molar-refractivity contribution is 5.82. The lowest BCUT2D eigenvalue weighted by molar-refractivity contribution is -0.126. The van der Waals surface area contributed by atoms with Crippen LogP contribution in [0.15, 0.2) is 84.9 Å². The molecule has 0 saturated heterocycles. The normalized spacial score (nSPS) is 12.2. The highest BCUT2D eigenvalue weighted by Crippen LogP contribution is 2.22. The summed E-state index contributed by atoms with van der Waals surface area (Å²) in [5.74, 6) is -0.312. The summed E-state index contributed by atoms with van der Waals surface area (Å²) >= 11 is 0. The first-order chi connectivity index (χ1) is 13.5. The molecule has 1 atom stereocenters. The minimum absolute atomic E-state index is 0.0534. The molecule has 0 bridgehead atoms. The molecule has 0 aromatic heterocycles. The van der Waals surface area contributed by atoms with E-state index >= 15 is 0 Å². The van der Waals surface area contributed by atoms with Crippen molar-refractivity contribution >= 4 is 5.91 Å². The molecule has 0 radical (unpaired) electrons. The molecular formula is C24H25FN2O. The molecule has 0 aliphatic heterocycles. The first-order valence-electron chi connectivity index (χ1n) is 9.39. The molecule has 0 spiro atoms. The van der Waals surface area contributed by atoms with Crippen molar-refractivity contribution in [1.82, 2.24) is 10.2 Å². The topological polar surface area (TPSA) is 32.3 Å². The minimum atomic E-state index is -0.333. The van der Waals surface area contributed by atoms with Gasteiger partial charge in [-0.25, -0.2) is 4.39 Å². The van der Waals surface area contributed by atoms with Crippen molar-refractivity contribution < 1.29 is 9.18 Å². The summed E-state index contributed by atoms with van der Waals surface area (Å²) in [6, 6.07) is 25.7. The second-order valence-electron chi connectivity index (χ2n) is 6.98.